The monoisotopic (exact) mass is 386 g/mol. The van der Waals surface area contributed by atoms with Crippen molar-refractivity contribution in [2.45, 2.75) is 12.2 Å². The molecule has 0 radical (unpaired) electrons. The van der Waals surface area contributed by atoms with Gasteiger partial charge in [0.1, 0.15) is 11.7 Å². The second-order valence-corrected chi connectivity index (χ2v) is 6.00. The number of aliphatic imine (C=N–C) groups is 1. The summed E-state index contributed by atoms with van der Waals surface area (Å²) >= 11 is 3.14. The summed E-state index contributed by atoms with van der Waals surface area (Å²) < 4.78 is 53.9. The fourth-order valence-corrected chi connectivity index (χ4v) is 2.76. The van der Waals surface area contributed by atoms with E-state index in [1.165, 1.54) is 17.0 Å². The second kappa shape index (κ2) is 5.96. The molecule has 0 aliphatic carbocycles. The first-order valence-corrected chi connectivity index (χ1v) is 7.58. The van der Waals surface area contributed by atoms with Gasteiger partial charge in [0, 0.05) is 10.0 Å². The van der Waals surface area contributed by atoms with Gasteiger partial charge in [-0.05, 0) is 18.2 Å². The number of benzene rings is 2. The largest absolute Gasteiger partial charge is 0.412 e. The Balaban J connectivity index is 2.06. The van der Waals surface area contributed by atoms with Crippen LogP contribution in [-0.2, 0) is 0 Å². The number of anilines is 1. The van der Waals surface area contributed by atoms with Crippen molar-refractivity contribution >= 4 is 27.5 Å². The number of hydrogen-bond acceptors (Lipinski definition) is 2. The first kappa shape index (κ1) is 16.0. The molecule has 2 nitrogen and oxygen atoms in total. The molecule has 0 aromatic heterocycles. The smallest absolute Gasteiger partial charge is 0.321 e. The fourth-order valence-electron chi connectivity index (χ4n) is 2.42. The maximum Gasteiger partial charge on any atom is 0.412 e. The van der Waals surface area contributed by atoms with Gasteiger partial charge >= 0.3 is 6.18 Å². The molecule has 0 fully saturated rings. The highest BCUT2D eigenvalue weighted by atomic mass is 79.9. The van der Waals surface area contributed by atoms with Crippen LogP contribution in [0.15, 0.2) is 58.0 Å². The summed E-state index contributed by atoms with van der Waals surface area (Å²) in [6, 6.07) is 10.8. The molecule has 23 heavy (non-hydrogen) atoms. The third kappa shape index (κ3) is 3.24. The van der Waals surface area contributed by atoms with Gasteiger partial charge < -0.3 is 4.90 Å². The molecule has 0 N–H and O–H groups in total. The summed E-state index contributed by atoms with van der Waals surface area (Å²) in [7, 11) is 0. The van der Waals surface area contributed by atoms with Gasteiger partial charge in [-0.1, -0.05) is 46.3 Å². The van der Waals surface area contributed by atoms with Gasteiger partial charge in [0.05, 0.1) is 12.2 Å². The van der Waals surface area contributed by atoms with Crippen molar-refractivity contribution in [3.05, 3.63) is 64.4 Å². The van der Waals surface area contributed by atoms with Crippen LogP contribution in [0.25, 0.3) is 0 Å². The van der Waals surface area contributed by atoms with E-state index in [2.05, 4.69) is 20.9 Å². The third-order valence-electron chi connectivity index (χ3n) is 3.50. The summed E-state index contributed by atoms with van der Waals surface area (Å²) in [4.78, 5) is 5.06. The number of nitrogens with zero attached hydrogens (tertiary/aromatic N) is 2. The predicted octanol–water partition coefficient (Wildman–Crippen LogP) is 4.79. The maximum atomic E-state index is 14.2. The van der Waals surface area contributed by atoms with Crippen molar-refractivity contribution in [2.24, 2.45) is 4.99 Å². The first-order chi connectivity index (χ1) is 10.9. The van der Waals surface area contributed by atoms with E-state index in [9.17, 15) is 17.6 Å². The molecule has 3 rings (SSSR count). The van der Waals surface area contributed by atoms with Crippen molar-refractivity contribution in [2.75, 3.05) is 11.4 Å². The Morgan fingerprint density at radius 2 is 1.78 bits per heavy atom. The van der Waals surface area contributed by atoms with Crippen molar-refractivity contribution in [3.63, 3.8) is 0 Å². The molecule has 1 aliphatic rings. The van der Waals surface area contributed by atoms with Gasteiger partial charge in [-0.15, -0.1) is 0 Å². The zero-order chi connectivity index (χ0) is 16.6. The Kier molecular flexibility index (Phi) is 4.14. The highest BCUT2D eigenvalue weighted by molar-refractivity contribution is 9.10. The van der Waals surface area contributed by atoms with E-state index >= 15 is 0 Å². The highest BCUT2D eigenvalue weighted by Gasteiger charge is 2.45. The molecule has 2 aromatic rings. The van der Waals surface area contributed by atoms with E-state index in [-0.39, 0.29) is 11.5 Å². The Hall–Kier alpha value is -1.89. The normalized spacial score (nSPS) is 18.2. The summed E-state index contributed by atoms with van der Waals surface area (Å²) in [6.45, 7) is -0.438. The molecule has 0 spiro atoms. The Labute approximate surface area is 138 Å². The number of halogens is 5. The number of alkyl halides is 3. The van der Waals surface area contributed by atoms with Crippen LogP contribution in [0, 0.1) is 5.82 Å². The molecular weight excluding hydrogens is 376 g/mol. The summed E-state index contributed by atoms with van der Waals surface area (Å²) in [6.07, 6.45) is -4.47. The lowest BCUT2D eigenvalue weighted by Crippen LogP contribution is -2.35. The molecule has 2 aromatic carbocycles. The molecule has 0 saturated heterocycles. The molecule has 1 unspecified atom stereocenters. The predicted molar refractivity (Wildman–Crippen MR) is 84.3 cm³/mol. The molecule has 0 amide bonds. The lowest BCUT2D eigenvalue weighted by atomic mass is 10.1. The zero-order valence-electron chi connectivity index (χ0n) is 11.7. The summed E-state index contributed by atoms with van der Waals surface area (Å²) in [5, 5.41) is 0. The number of rotatable bonds is 2. The van der Waals surface area contributed by atoms with E-state index in [0.717, 1.165) is 0 Å². The third-order valence-corrected chi connectivity index (χ3v) is 3.99. The SMILES string of the molecule is Fc1cc(Br)ccc1N1CC(C(F)(F)F)N=C1c1ccccc1. The van der Waals surface area contributed by atoms with Crippen molar-refractivity contribution in [1.82, 2.24) is 0 Å². The molecule has 120 valence electrons. The van der Waals surface area contributed by atoms with Gasteiger partial charge in [0.15, 0.2) is 6.04 Å². The average Bonchev–Trinajstić information content (AvgIpc) is 2.93. The number of hydrogen-bond donors (Lipinski definition) is 0. The fraction of sp³-hybridized carbons (Fsp3) is 0.188. The lowest BCUT2D eigenvalue weighted by Gasteiger charge is -2.22. The van der Waals surface area contributed by atoms with Crippen LogP contribution in [-0.4, -0.2) is 24.6 Å². The molecule has 1 heterocycles. The van der Waals surface area contributed by atoms with Crippen LogP contribution in [0.2, 0.25) is 0 Å². The zero-order valence-corrected chi connectivity index (χ0v) is 13.3. The van der Waals surface area contributed by atoms with E-state index in [0.29, 0.717) is 10.0 Å². The molecule has 0 bridgehead atoms. The molecular formula is C16H11BrF4N2. The first-order valence-electron chi connectivity index (χ1n) is 6.79. The minimum atomic E-state index is -4.47. The quantitative estimate of drug-likeness (QED) is 0.677. The van der Waals surface area contributed by atoms with Gasteiger partial charge in [0.25, 0.3) is 0 Å². The van der Waals surface area contributed by atoms with Gasteiger partial charge in [-0.25, -0.2) is 4.39 Å². The van der Waals surface area contributed by atoms with Gasteiger partial charge in [-0.2, -0.15) is 13.2 Å². The van der Waals surface area contributed by atoms with Gasteiger partial charge in [0.2, 0.25) is 0 Å². The molecule has 0 saturated carbocycles. The van der Waals surface area contributed by atoms with Crippen molar-refractivity contribution < 1.29 is 17.6 Å². The average molecular weight is 387 g/mol. The summed E-state index contributed by atoms with van der Waals surface area (Å²) in [5.74, 6) is -0.486. The molecule has 7 heteroatoms. The van der Waals surface area contributed by atoms with Crippen LogP contribution < -0.4 is 4.90 Å². The Morgan fingerprint density at radius 1 is 1.09 bits per heavy atom. The van der Waals surface area contributed by atoms with Crippen molar-refractivity contribution in [1.29, 1.82) is 0 Å². The van der Waals surface area contributed by atoms with Crippen LogP contribution >= 0.6 is 15.9 Å². The van der Waals surface area contributed by atoms with Crippen LogP contribution in [0.5, 0.6) is 0 Å². The minimum absolute atomic E-state index is 0.0718. The van der Waals surface area contributed by atoms with Crippen LogP contribution in [0.4, 0.5) is 23.2 Å². The van der Waals surface area contributed by atoms with Crippen molar-refractivity contribution in [3.8, 4) is 0 Å². The number of amidine groups is 1. The van der Waals surface area contributed by atoms with Crippen LogP contribution in [0.1, 0.15) is 5.56 Å². The standard InChI is InChI=1S/C16H11BrF4N2/c17-11-6-7-13(12(18)8-11)23-9-14(16(19,20)21)22-15(23)10-4-2-1-3-5-10/h1-8,14H,9H2. The highest BCUT2D eigenvalue weighted by Crippen LogP contribution is 2.33. The maximum absolute atomic E-state index is 14.2. The van der Waals surface area contributed by atoms with E-state index < -0.39 is 24.6 Å². The van der Waals surface area contributed by atoms with Gasteiger partial charge in [-0.3, -0.25) is 4.99 Å². The van der Waals surface area contributed by atoms with E-state index in [4.69, 9.17) is 0 Å². The lowest BCUT2D eigenvalue weighted by molar-refractivity contribution is -0.142. The molecule has 1 aliphatic heterocycles. The minimum Gasteiger partial charge on any atom is -0.321 e. The molecule has 1 atom stereocenters. The second-order valence-electron chi connectivity index (χ2n) is 5.08. The van der Waals surface area contributed by atoms with E-state index in [1.807, 2.05) is 0 Å². The van der Waals surface area contributed by atoms with Crippen LogP contribution in [0.3, 0.4) is 0 Å². The topological polar surface area (TPSA) is 15.6 Å². The van der Waals surface area contributed by atoms with E-state index in [1.54, 1.807) is 36.4 Å². The Bertz CT molecular complexity index is 743. The Morgan fingerprint density at radius 3 is 2.39 bits per heavy atom. The summed E-state index contributed by atoms with van der Waals surface area (Å²) in [5.41, 5.74) is 0.587.